The molecule has 0 N–H and O–H groups in total. The number of amides is 1. The summed E-state index contributed by atoms with van der Waals surface area (Å²) in [6, 6.07) is 12.2. The van der Waals surface area contributed by atoms with E-state index < -0.39 is 26.6 Å². The Morgan fingerprint density at radius 2 is 1.75 bits per heavy atom. The van der Waals surface area contributed by atoms with Gasteiger partial charge in [0.1, 0.15) is 10.7 Å². The molecule has 2 aromatic carbocycles. The van der Waals surface area contributed by atoms with Gasteiger partial charge in [-0.05, 0) is 29.8 Å². The molecule has 0 bridgehead atoms. The first kappa shape index (κ1) is 20.6. The maximum atomic E-state index is 13.9. The van der Waals surface area contributed by atoms with Crippen LogP contribution in [0.3, 0.4) is 0 Å². The third kappa shape index (κ3) is 4.48. The third-order valence-corrected chi connectivity index (χ3v) is 7.20. The van der Waals surface area contributed by atoms with Crippen molar-refractivity contribution in [2.24, 2.45) is 0 Å². The van der Waals surface area contributed by atoms with Gasteiger partial charge in [-0.2, -0.15) is 4.31 Å². The number of hydrogen-bond donors (Lipinski definition) is 0. The quantitative estimate of drug-likeness (QED) is 0.734. The topological polar surface area (TPSA) is 74.8 Å². The maximum absolute atomic E-state index is 13.9. The molecule has 0 aromatic heterocycles. The third-order valence-electron chi connectivity index (χ3n) is 4.52. The van der Waals surface area contributed by atoms with Gasteiger partial charge in [0.15, 0.2) is 0 Å². The van der Waals surface area contributed by atoms with Crippen molar-refractivity contribution in [3.05, 3.63) is 65.5 Å². The van der Waals surface area contributed by atoms with Gasteiger partial charge < -0.3 is 4.90 Å². The summed E-state index contributed by atoms with van der Waals surface area (Å²) < 4.78 is 51.8. The SMILES string of the molecule is CS(=O)Cc1cccc(C(=O)N2CCN(S(=O)(=O)c3ccccc3F)CC2)c1. The lowest BCUT2D eigenvalue weighted by molar-refractivity contribution is 0.0697. The molecule has 0 radical (unpaired) electrons. The van der Waals surface area contributed by atoms with Crippen LogP contribution in [0.1, 0.15) is 15.9 Å². The number of hydrogen-bond acceptors (Lipinski definition) is 4. The second kappa shape index (κ2) is 8.50. The summed E-state index contributed by atoms with van der Waals surface area (Å²) >= 11 is 0. The summed E-state index contributed by atoms with van der Waals surface area (Å²) in [4.78, 5) is 14.0. The number of nitrogens with zero attached hydrogens (tertiary/aromatic N) is 2. The van der Waals surface area contributed by atoms with Gasteiger partial charge >= 0.3 is 0 Å². The van der Waals surface area contributed by atoms with Gasteiger partial charge in [-0.25, -0.2) is 12.8 Å². The molecule has 0 aliphatic carbocycles. The van der Waals surface area contributed by atoms with Crippen LogP contribution in [-0.4, -0.2) is 60.2 Å². The van der Waals surface area contributed by atoms with Crippen LogP contribution in [0.4, 0.5) is 4.39 Å². The molecule has 1 unspecified atom stereocenters. The fourth-order valence-corrected chi connectivity index (χ4v) is 5.27. The maximum Gasteiger partial charge on any atom is 0.253 e. The Labute approximate surface area is 166 Å². The van der Waals surface area contributed by atoms with Crippen molar-refractivity contribution >= 4 is 26.7 Å². The molecule has 1 aliphatic rings. The summed E-state index contributed by atoms with van der Waals surface area (Å²) in [5.41, 5.74) is 1.29. The van der Waals surface area contributed by atoms with E-state index in [2.05, 4.69) is 0 Å². The average molecular weight is 425 g/mol. The van der Waals surface area contributed by atoms with Crippen LogP contribution >= 0.6 is 0 Å². The molecule has 1 saturated heterocycles. The first-order chi connectivity index (χ1) is 13.3. The van der Waals surface area contributed by atoms with E-state index in [1.807, 2.05) is 6.07 Å². The van der Waals surface area contributed by atoms with E-state index in [0.29, 0.717) is 11.3 Å². The van der Waals surface area contributed by atoms with E-state index >= 15 is 0 Å². The van der Waals surface area contributed by atoms with E-state index in [0.717, 1.165) is 11.6 Å². The molecule has 3 rings (SSSR count). The van der Waals surface area contributed by atoms with Crippen LogP contribution in [0.2, 0.25) is 0 Å². The van der Waals surface area contributed by atoms with Crippen molar-refractivity contribution in [2.75, 3.05) is 32.4 Å². The van der Waals surface area contributed by atoms with Gasteiger partial charge in [0, 0.05) is 54.6 Å². The van der Waals surface area contributed by atoms with Crippen molar-refractivity contribution in [3.63, 3.8) is 0 Å². The van der Waals surface area contributed by atoms with Crippen LogP contribution in [0.25, 0.3) is 0 Å². The van der Waals surface area contributed by atoms with Gasteiger partial charge in [-0.15, -0.1) is 0 Å². The van der Waals surface area contributed by atoms with E-state index in [1.54, 1.807) is 29.4 Å². The Kier molecular flexibility index (Phi) is 6.26. The highest BCUT2D eigenvalue weighted by Crippen LogP contribution is 2.21. The summed E-state index contributed by atoms with van der Waals surface area (Å²) in [5, 5.41) is 0. The van der Waals surface area contributed by atoms with Gasteiger partial charge in [-0.1, -0.05) is 24.3 Å². The van der Waals surface area contributed by atoms with Crippen LogP contribution in [0.5, 0.6) is 0 Å². The minimum Gasteiger partial charge on any atom is -0.336 e. The van der Waals surface area contributed by atoms with Crippen molar-refractivity contribution in [1.82, 2.24) is 9.21 Å². The predicted molar refractivity (Wildman–Crippen MR) is 105 cm³/mol. The number of carbonyl (C=O) groups is 1. The van der Waals surface area contributed by atoms with Crippen molar-refractivity contribution in [1.29, 1.82) is 0 Å². The van der Waals surface area contributed by atoms with E-state index in [-0.39, 0.29) is 37.0 Å². The standard InChI is InChI=1S/C19H21FN2O4S2/c1-27(24)14-15-5-4-6-16(13-15)19(23)21-9-11-22(12-10-21)28(25,26)18-8-3-2-7-17(18)20/h2-8,13H,9-12,14H2,1H3. The molecule has 1 amide bonds. The molecule has 1 heterocycles. The zero-order valence-electron chi connectivity index (χ0n) is 15.4. The van der Waals surface area contributed by atoms with Gasteiger partial charge in [0.2, 0.25) is 10.0 Å². The van der Waals surface area contributed by atoms with Crippen LogP contribution in [0, 0.1) is 5.82 Å². The van der Waals surface area contributed by atoms with E-state index in [1.165, 1.54) is 22.5 Å². The number of halogens is 1. The minimum atomic E-state index is -3.94. The Balaban J connectivity index is 1.69. The molecular formula is C19H21FN2O4S2. The average Bonchev–Trinajstić information content (AvgIpc) is 2.67. The number of piperazine rings is 1. The lowest BCUT2D eigenvalue weighted by Gasteiger charge is -2.34. The van der Waals surface area contributed by atoms with Crippen LogP contribution < -0.4 is 0 Å². The first-order valence-electron chi connectivity index (χ1n) is 8.72. The van der Waals surface area contributed by atoms with Crippen molar-refractivity contribution < 1.29 is 21.8 Å². The predicted octanol–water partition coefficient (Wildman–Crippen LogP) is 1.85. The first-order valence-corrected chi connectivity index (χ1v) is 11.9. The summed E-state index contributed by atoms with van der Waals surface area (Å²) in [6.07, 6.45) is 1.60. The Bertz CT molecular complexity index is 1000. The summed E-state index contributed by atoms with van der Waals surface area (Å²) in [7, 11) is -4.95. The Morgan fingerprint density at radius 1 is 1.07 bits per heavy atom. The molecule has 0 saturated carbocycles. The second-order valence-electron chi connectivity index (χ2n) is 6.54. The molecule has 1 fully saturated rings. The van der Waals surface area contributed by atoms with Gasteiger partial charge in [0.25, 0.3) is 5.91 Å². The zero-order chi connectivity index (χ0) is 20.3. The van der Waals surface area contributed by atoms with Crippen molar-refractivity contribution in [3.8, 4) is 0 Å². The van der Waals surface area contributed by atoms with Gasteiger partial charge in [0.05, 0.1) is 0 Å². The monoisotopic (exact) mass is 424 g/mol. The Morgan fingerprint density at radius 3 is 2.39 bits per heavy atom. The summed E-state index contributed by atoms with van der Waals surface area (Å²) in [6.45, 7) is 0.634. The number of sulfonamides is 1. The highest BCUT2D eigenvalue weighted by Gasteiger charge is 2.32. The molecule has 6 nitrogen and oxygen atoms in total. The minimum absolute atomic E-state index is 0.0983. The molecule has 1 atom stereocenters. The largest absolute Gasteiger partial charge is 0.336 e. The molecule has 28 heavy (non-hydrogen) atoms. The fraction of sp³-hybridized carbons (Fsp3) is 0.316. The number of rotatable bonds is 5. The molecular weight excluding hydrogens is 403 g/mol. The van der Waals surface area contributed by atoms with Gasteiger partial charge in [-0.3, -0.25) is 9.00 Å². The van der Waals surface area contributed by atoms with Crippen molar-refractivity contribution in [2.45, 2.75) is 10.6 Å². The fourth-order valence-electron chi connectivity index (χ4n) is 3.14. The van der Waals surface area contributed by atoms with E-state index in [4.69, 9.17) is 0 Å². The van der Waals surface area contributed by atoms with Crippen LogP contribution in [-0.2, 0) is 26.6 Å². The highest BCUT2D eigenvalue weighted by atomic mass is 32.2. The Hall–Kier alpha value is -2.10. The molecule has 150 valence electrons. The number of benzene rings is 2. The normalized spacial score (nSPS) is 16.7. The highest BCUT2D eigenvalue weighted by molar-refractivity contribution is 7.89. The lowest BCUT2D eigenvalue weighted by atomic mass is 10.1. The molecule has 1 aliphatic heterocycles. The molecule has 9 heteroatoms. The smallest absolute Gasteiger partial charge is 0.253 e. The van der Waals surface area contributed by atoms with Crippen LogP contribution in [0.15, 0.2) is 53.4 Å². The molecule has 0 spiro atoms. The second-order valence-corrected chi connectivity index (χ2v) is 9.89. The lowest BCUT2D eigenvalue weighted by Crippen LogP contribution is -2.50. The van der Waals surface area contributed by atoms with E-state index in [9.17, 15) is 21.8 Å². The summed E-state index contributed by atoms with van der Waals surface area (Å²) in [5.74, 6) is -0.617. The zero-order valence-corrected chi connectivity index (χ0v) is 17.0. The molecule has 2 aromatic rings. The number of carbonyl (C=O) groups excluding carboxylic acids is 1.